The minimum atomic E-state index is -4.59. The molecule has 0 aromatic heterocycles. The second-order valence-corrected chi connectivity index (χ2v) is 4.57. The number of hydrogen-bond acceptors (Lipinski definition) is 2. The van der Waals surface area contributed by atoms with Crippen molar-refractivity contribution in [2.75, 3.05) is 0 Å². The Morgan fingerprint density at radius 1 is 1.05 bits per heavy atom. The highest BCUT2D eigenvalue weighted by atomic mass is 19.4. The lowest BCUT2D eigenvalue weighted by atomic mass is 10.1. The van der Waals surface area contributed by atoms with E-state index in [1.54, 1.807) is 0 Å². The number of carbonyl (C=O) groups excluding carboxylic acids is 1. The number of alkyl halides is 3. The smallest absolute Gasteiger partial charge is 0.422 e. The van der Waals surface area contributed by atoms with Crippen molar-refractivity contribution in [1.29, 1.82) is 0 Å². The number of carbonyl (C=O) groups is 1. The number of unbranched alkanes of at least 4 members (excludes halogenated alkanes) is 7. The topological polar surface area (TPSA) is 26.3 Å². The number of ether oxygens (including phenoxy) is 1. The van der Waals surface area contributed by atoms with Gasteiger partial charge in [0.15, 0.2) is 0 Å². The van der Waals surface area contributed by atoms with E-state index in [0.717, 1.165) is 32.3 Å². The first kappa shape index (κ1) is 18.0. The molecule has 0 amide bonds. The Hall–Kier alpha value is -1.00. The Morgan fingerprint density at radius 3 is 2.05 bits per heavy atom. The van der Waals surface area contributed by atoms with Crippen molar-refractivity contribution in [3.05, 3.63) is 11.8 Å². The molecule has 19 heavy (non-hydrogen) atoms. The second-order valence-electron chi connectivity index (χ2n) is 4.57. The van der Waals surface area contributed by atoms with Gasteiger partial charge in [-0.15, -0.1) is 0 Å². The Kier molecular flexibility index (Phi) is 9.35. The third-order valence-corrected chi connectivity index (χ3v) is 2.67. The molecule has 0 aromatic rings. The van der Waals surface area contributed by atoms with Gasteiger partial charge >= 0.3 is 12.1 Å². The van der Waals surface area contributed by atoms with Crippen LogP contribution < -0.4 is 0 Å². The summed E-state index contributed by atoms with van der Waals surface area (Å²) in [7, 11) is 0. The molecular weight excluding hydrogens is 257 g/mol. The Bertz CT molecular complexity index is 283. The molecule has 0 saturated carbocycles. The van der Waals surface area contributed by atoms with Crippen LogP contribution in [0.15, 0.2) is 11.8 Å². The molecule has 0 unspecified atom stereocenters. The number of hydrogen-bond donors (Lipinski definition) is 0. The Labute approximate surface area is 113 Å². The molecule has 0 saturated heterocycles. The standard InChI is InChI=1S/C14H23F3O2/c1-3-4-5-6-7-8-9-10-11-13(14(15,16)17)19-12(2)18/h11H,3-10H2,1-2H3/b13-11+. The average molecular weight is 280 g/mol. The molecule has 0 N–H and O–H groups in total. The van der Waals surface area contributed by atoms with E-state index in [1.165, 1.54) is 19.3 Å². The molecular formula is C14H23F3O2. The lowest BCUT2D eigenvalue weighted by molar-refractivity contribution is -0.158. The van der Waals surface area contributed by atoms with Gasteiger partial charge in [-0.3, -0.25) is 4.79 Å². The molecule has 0 bridgehead atoms. The third kappa shape index (κ3) is 10.6. The highest BCUT2D eigenvalue weighted by Gasteiger charge is 2.36. The summed E-state index contributed by atoms with van der Waals surface area (Å²) in [6.07, 6.45) is 4.02. The molecule has 112 valence electrons. The van der Waals surface area contributed by atoms with Crippen molar-refractivity contribution in [2.24, 2.45) is 0 Å². The first-order chi connectivity index (χ1) is 8.88. The summed E-state index contributed by atoms with van der Waals surface area (Å²) in [6.45, 7) is 3.10. The summed E-state index contributed by atoms with van der Waals surface area (Å²) in [5, 5.41) is 0. The van der Waals surface area contributed by atoms with Crippen molar-refractivity contribution in [3.63, 3.8) is 0 Å². The van der Waals surface area contributed by atoms with Crippen LogP contribution in [0.5, 0.6) is 0 Å². The van der Waals surface area contributed by atoms with Crippen molar-refractivity contribution in [3.8, 4) is 0 Å². The second kappa shape index (κ2) is 9.87. The minimum Gasteiger partial charge on any atom is -0.422 e. The van der Waals surface area contributed by atoms with Crippen LogP contribution >= 0.6 is 0 Å². The van der Waals surface area contributed by atoms with E-state index in [1.807, 2.05) is 0 Å². The monoisotopic (exact) mass is 280 g/mol. The molecule has 0 fully saturated rings. The third-order valence-electron chi connectivity index (χ3n) is 2.67. The maximum absolute atomic E-state index is 12.4. The average Bonchev–Trinajstić information content (AvgIpc) is 2.29. The van der Waals surface area contributed by atoms with Crippen LogP contribution in [0.2, 0.25) is 0 Å². The fraction of sp³-hybridized carbons (Fsp3) is 0.786. The molecule has 2 nitrogen and oxygen atoms in total. The van der Waals surface area contributed by atoms with Gasteiger partial charge in [0, 0.05) is 6.92 Å². The first-order valence-electron chi connectivity index (χ1n) is 6.83. The van der Waals surface area contributed by atoms with E-state index in [0.29, 0.717) is 6.42 Å². The number of rotatable bonds is 9. The van der Waals surface area contributed by atoms with Gasteiger partial charge in [-0.2, -0.15) is 13.2 Å². The van der Waals surface area contributed by atoms with Gasteiger partial charge < -0.3 is 4.74 Å². The quantitative estimate of drug-likeness (QED) is 0.332. The highest BCUT2D eigenvalue weighted by molar-refractivity contribution is 5.67. The number of halogens is 3. The Balaban J connectivity index is 3.89. The summed E-state index contributed by atoms with van der Waals surface area (Å²) < 4.78 is 41.5. The van der Waals surface area contributed by atoms with Crippen LogP contribution in [0.25, 0.3) is 0 Å². The first-order valence-corrected chi connectivity index (χ1v) is 6.83. The molecule has 0 atom stereocenters. The summed E-state index contributed by atoms with van der Waals surface area (Å²) in [5.74, 6) is -2.13. The lowest BCUT2D eigenvalue weighted by Crippen LogP contribution is -2.17. The summed E-state index contributed by atoms with van der Waals surface area (Å²) >= 11 is 0. The highest BCUT2D eigenvalue weighted by Crippen LogP contribution is 2.27. The molecule has 5 heteroatoms. The molecule has 0 rings (SSSR count). The normalized spacial score (nSPS) is 12.6. The molecule has 0 aliphatic rings. The van der Waals surface area contributed by atoms with E-state index >= 15 is 0 Å². The van der Waals surface area contributed by atoms with Gasteiger partial charge in [0.25, 0.3) is 0 Å². The van der Waals surface area contributed by atoms with E-state index in [4.69, 9.17) is 0 Å². The fourth-order valence-corrected chi connectivity index (χ4v) is 1.70. The molecule has 0 radical (unpaired) electrons. The van der Waals surface area contributed by atoms with Crippen LogP contribution in [-0.4, -0.2) is 12.1 Å². The van der Waals surface area contributed by atoms with Gasteiger partial charge in [-0.05, 0) is 18.9 Å². The predicted molar refractivity (Wildman–Crippen MR) is 68.5 cm³/mol. The van der Waals surface area contributed by atoms with Gasteiger partial charge in [0.05, 0.1) is 0 Å². The zero-order chi connectivity index (χ0) is 14.7. The van der Waals surface area contributed by atoms with Gasteiger partial charge in [0.2, 0.25) is 5.76 Å². The summed E-state index contributed by atoms with van der Waals surface area (Å²) in [4.78, 5) is 10.6. The van der Waals surface area contributed by atoms with Crippen molar-refractivity contribution in [2.45, 2.75) is 71.4 Å². The van der Waals surface area contributed by atoms with E-state index in [-0.39, 0.29) is 6.42 Å². The molecule has 0 heterocycles. The molecule has 0 aromatic carbocycles. The maximum Gasteiger partial charge on any atom is 0.449 e. The van der Waals surface area contributed by atoms with Crippen molar-refractivity contribution >= 4 is 5.97 Å². The van der Waals surface area contributed by atoms with Gasteiger partial charge in [0.1, 0.15) is 0 Å². The molecule has 0 spiro atoms. The molecule has 0 aliphatic carbocycles. The van der Waals surface area contributed by atoms with Crippen molar-refractivity contribution in [1.82, 2.24) is 0 Å². The minimum absolute atomic E-state index is 0.288. The fourth-order valence-electron chi connectivity index (χ4n) is 1.70. The van der Waals surface area contributed by atoms with E-state index in [9.17, 15) is 18.0 Å². The predicted octanol–water partition coefficient (Wildman–Crippen LogP) is 5.14. The van der Waals surface area contributed by atoms with Crippen LogP contribution in [0, 0.1) is 0 Å². The van der Waals surface area contributed by atoms with E-state index < -0.39 is 17.9 Å². The Morgan fingerprint density at radius 2 is 1.58 bits per heavy atom. The van der Waals surface area contributed by atoms with Crippen LogP contribution in [0.1, 0.15) is 65.2 Å². The maximum atomic E-state index is 12.4. The number of allylic oxidation sites excluding steroid dienone is 2. The zero-order valence-electron chi connectivity index (χ0n) is 11.7. The summed E-state index contributed by atoms with van der Waals surface area (Å²) in [6, 6.07) is 0. The molecule has 0 aliphatic heterocycles. The summed E-state index contributed by atoms with van der Waals surface area (Å²) in [5.41, 5.74) is 0. The van der Waals surface area contributed by atoms with Gasteiger partial charge in [-0.25, -0.2) is 0 Å². The zero-order valence-corrected chi connectivity index (χ0v) is 11.7. The van der Waals surface area contributed by atoms with E-state index in [2.05, 4.69) is 11.7 Å². The van der Waals surface area contributed by atoms with Crippen LogP contribution in [-0.2, 0) is 9.53 Å². The number of esters is 1. The van der Waals surface area contributed by atoms with Crippen LogP contribution in [0.4, 0.5) is 13.2 Å². The van der Waals surface area contributed by atoms with Crippen LogP contribution in [0.3, 0.4) is 0 Å². The SMILES string of the molecule is CCCCCCCCC/C=C(/OC(C)=O)C(F)(F)F. The lowest BCUT2D eigenvalue weighted by Gasteiger charge is -2.10. The van der Waals surface area contributed by atoms with Gasteiger partial charge in [-0.1, -0.05) is 45.4 Å². The van der Waals surface area contributed by atoms with Crippen molar-refractivity contribution < 1.29 is 22.7 Å². The largest absolute Gasteiger partial charge is 0.449 e.